The SMILES string of the molecule is CCCc1nc(C2CCS(=O)(=O)C2)nc(NCC)c1Br. The summed E-state index contributed by atoms with van der Waals surface area (Å²) in [6, 6.07) is 0. The van der Waals surface area contributed by atoms with Crippen molar-refractivity contribution >= 4 is 31.6 Å². The molecule has 0 saturated carbocycles. The second kappa shape index (κ2) is 6.39. The second-order valence-electron chi connectivity index (χ2n) is 5.07. The Balaban J connectivity index is 2.37. The van der Waals surface area contributed by atoms with E-state index in [2.05, 4.69) is 38.1 Å². The van der Waals surface area contributed by atoms with E-state index in [1.807, 2.05) is 6.92 Å². The van der Waals surface area contributed by atoms with Gasteiger partial charge in [-0.15, -0.1) is 0 Å². The summed E-state index contributed by atoms with van der Waals surface area (Å²) in [6.07, 6.45) is 2.47. The molecule has 1 unspecified atom stereocenters. The van der Waals surface area contributed by atoms with Gasteiger partial charge < -0.3 is 5.32 Å². The van der Waals surface area contributed by atoms with Gasteiger partial charge in [0.25, 0.3) is 0 Å². The molecule has 1 aromatic heterocycles. The van der Waals surface area contributed by atoms with Gasteiger partial charge >= 0.3 is 0 Å². The zero-order valence-corrected chi connectivity index (χ0v) is 14.2. The van der Waals surface area contributed by atoms with Crippen LogP contribution in [0.15, 0.2) is 4.47 Å². The molecule has 20 heavy (non-hydrogen) atoms. The Morgan fingerprint density at radius 1 is 1.35 bits per heavy atom. The first-order valence-electron chi connectivity index (χ1n) is 6.97. The molecule has 7 heteroatoms. The van der Waals surface area contributed by atoms with Crippen LogP contribution in [0, 0.1) is 0 Å². The molecule has 5 nitrogen and oxygen atoms in total. The van der Waals surface area contributed by atoms with Gasteiger partial charge in [-0.05, 0) is 35.7 Å². The van der Waals surface area contributed by atoms with Crippen LogP contribution in [0.5, 0.6) is 0 Å². The van der Waals surface area contributed by atoms with E-state index in [1.54, 1.807) is 0 Å². The fourth-order valence-electron chi connectivity index (χ4n) is 2.38. The Morgan fingerprint density at radius 2 is 2.10 bits per heavy atom. The fourth-order valence-corrected chi connectivity index (χ4v) is 4.64. The molecule has 0 spiro atoms. The van der Waals surface area contributed by atoms with Crippen LogP contribution in [0.1, 0.15) is 44.1 Å². The van der Waals surface area contributed by atoms with Crippen molar-refractivity contribution in [1.82, 2.24) is 9.97 Å². The number of anilines is 1. The zero-order chi connectivity index (χ0) is 14.8. The van der Waals surface area contributed by atoms with E-state index in [-0.39, 0.29) is 17.4 Å². The quantitative estimate of drug-likeness (QED) is 0.872. The molecule has 0 radical (unpaired) electrons. The van der Waals surface area contributed by atoms with Crippen molar-refractivity contribution in [3.8, 4) is 0 Å². The van der Waals surface area contributed by atoms with Crippen molar-refractivity contribution in [3.05, 3.63) is 16.0 Å². The number of nitrogens with one attached hydrogen (secondary N) is 1. The molecule has 0 bridgehead atoms. The molecular formula is C13H20BrN3O2S. The van der Waals surface area contributed by atoms with Crippen LogP contribution < -0.4 is 5.32 Å². The van der Waals surface area contributed by atoms with E-state index in [0.29, 0.717) is 12.2 Å². The molecule has 2 heterocycles. The third-order valence-electron chi connectivity index (χ3n) is 3.37. The molecule has 1 saturated heterocycles. The molecule has 1 fully saturated rings. The molecule has 0 amide bonds. The van der Waals surface area contributed by atoms with Crippen LogP contribution in [0.25, 0.3) is 0 Å². The van der Waals surface area contributed by atoms with Crippen molar-refractivity contribution in [2.45, 2.75) is 39.0 Å². The van der Waals surface area contributed by atoms with E-state index in [0.717, 1.165) is 35.4 Å². The van der Waals surface area contributed by atoms with Crippen LogP contribution in [0.4, 0.5) is 5.82 Å². The smallest absolute Gasteiger partial charge is 0.151 e. The maximum absolute atomic E-state index is 11.6. The monoisotopic (exact) mass is 361 g/mol. The average Bonchev–Trinajstić information content (AvgIpc) is 2.75. The Morgan fingerprint density at radius 3 is 2.65 bits per heavy atom. The third-order valence-corrected chi connectivity index (χ3v) is 5.97. The van der Waals surface area contributed by atoms with Gasteiger partial charge in [-0.2, -0.15) is 0 Å². The van der Waals surface area contributed by atoms with Crippen molar-refractivity contribution in [3.63, 3.8) is 0 Å². The van der Waals surface area contributed by atoms with Crippen LogP contribution in [0.2, 0.25) is 0 Å². The summed E-state index contributed by atoms with van der Waals surface area (Å²) >= 11 is 3.54. The number of aryl methyl sites for hydroxylation is 1. The van der Waals surface area contributed by atoms with E-state index in [4.69, 9.17) is 0 Å². The van der Waals surface area contributed by atoms with Crippen molar-refractivity contribution in [2.24, 2.45) is 0 Å². The maximum atomic E-state index is 11.6. The topological polar surface area (TPSA) is 72.0 Å². The molecule has 2 rings (SSSR count). The first-order chi connectivity index (χ1) is 9.46. The normalized spacial score (nSPS) is 21.1. The standard InChI is InChI=1S/C13H20BrN3O2S/c1-3-5-10-11(14)13(15-4-2)17-12(16-10)9-6-7-20(18,19)8-9/h9H,3-8H2,1-2H3,(H,15,16,17). The minimum Gasteiger partial charge on any atom is -0.369 e. The number of aromatic nitrogens is 2. The Bertz CT molecular complexity index is 562. The van der Waals surface area contributed by atoms with E-state index in [9.17, 15) is 8.42 Å². The summed E-state index contributed by atoms with van der Waals surface area (Å²) in [6.45, 7) is 4.87. The van der Waals surface area contributed by atoms with E-state index >= 15 is 0 Å². The van der Waals surface area contributed by atoms with Gasteiger partial charge in [0, 0.05) is 12.5 Å². The Hall–Kier alpha value is -0.690. The summed E-state index contributed by atoms with van der Waals surface area (Å²) in [5.41, 5.74) is 0.956. The van der Waals surface area contributed by atoms with Gasteiger partial charge in [0.2, 0.25) is 0 Å². The van der Waals surface area contributed by atoms with Crippen molar-refractivity contribution in [2.75, 3.05) is 23.4 Å². The van der Waals surface area contributed by atoms with Crippen LogP contribution >= 0.6 is 15.9 Å². The Kier molecular flexibility index (Phi) is 5.01. The largest absolute Gasteiger partial charge is 0.369 e. The Labute approximate surface area is 128 Å². The molecule has 1 N–H and O–H groups in total. The van der Waals surface area contributed by atoms with Gasteiger partial charge in [0.15, 0.2) is 9.84 Å². The fraction of sp³-hybridized carbons (Fsp3) is 0.692. The van der Waals surface area contributed by atoms with Gasteiger partial charge in [-0.25, -0.2) is 18.4 Å². The number of rotatable bonds is 5. The lowest BCUT2D eigenvalue weighted by Crippen LogP contribution is -2.12. The summed E-state index contributed by atoms with van der Waals surface area (Å²) in [5.74, 6) is 1.78. The lowest BCUT2D eigenvalue weighted by Gasteiger charge is -2.14. The molecule has 0 aliphatic carbocycles. The first-order valence-corrected chi connectivity index (χ1v) is 9.58. The van der Waals surface area contributed by atoms with Gasteiger partial charge in [0.05, 0.1) is 21.7 Å². The lowest BCUT2D eigenvalue weighted by atomic mass is 10.1. The predicted molar refractivity (Wildman–Crippen MR) is 83.9 cm³/mol. The number of hydrogen-bond donors (Lipinski definition) is 1. The third kappa shape index (κ3) is 3.49. The highest BCUT2D eigenvalue weighted by atomic mass is 79.9. The summed E-state index contributed by atoms with van der Waals surface area (Å²) in [7, 11) is -2.92. The molecular weight excluding hydrogens is 342 g/mol. The maximum Gasteiger partial charge on any atom is 0.151 e. The minimum absolute atomic E-state index is 0.0684. The first kappa shape index (κ1) is 15.7. The molecule has 1 atom stereocenters. The number of sulfone groups is 1. The second-order valence-corrected chi connectivity index (χ2v) is 8.09. The molecule has 1 aromatic rings. The minimum atomic E-state index is -2.92. The molecule has 0 aromatic carbocycles. The lowest BCUT2D eigenvalue weighted by molar-refractivity contribution is 0.601. The van der Waals surface area contributed by atoms with Crippen LogP contribution in [-0.4, -0.2) is 36.4 Å². The highest BCUT2D eigenvalue weighted by Crippen LogP contribution is 2.31. The van der Waals surface area contributed by atoms with E-state index in [1.165, 1.54) is 0 Å². The summed E-state index contributed by atoms with van der Waals surface area (Å²) in [4.78, 5) is 9.11. The predicted octanol–water partition coefficient (Wildman–Crippen LogP) is 2.53. The van der Waals surface area contributed by atoms with E-state index < -0.39 is 9.84 Å². The zero-order valence-electron chi connectivity index (χ0n) is 11.8. The summed E-state index contributed by atoms with van der Waals surface area (Å²) in [5, 5.41) is 3.21. The highest BCUT2D eigenvalue weighted by molar-refractivity contribution is 9.10. The molecule has 112 valence electrons. The average molecular weight is 362 g/mol. The number of nitrogens with zero attached hydrogens (tertiary/aromatic N) is 2. The summed E-state index contributed by atoms with van der Waals surface area (Å²) < 4.78 is 24.1. The van der Waals surface area contributed by atoms with Gasteiger partial charge in [0.1, 0.15) is 11.6 Å². The number of hydrogen-bond acceptors (Lipinski definition) is 5. The van der Waals surface area contributed by atoms with Gasteiger partial charge in [-0.1, -0.05) is 13.3 Å². The van der Waals surface area contributed by atoms with Gasteiger partial charge in [-0.3, -0.25) is 0 Å². The molecule has 1 aliphatic heterocycles. The van der Waals surface area contributed by atoms with Crippen molar-refractivity contribution in [1.29, 1.82) is 0 Å². The highest BCUT2D eigenvalue weighted by Gasteiger charge is 2.31. The van der Waals surface area contributed by atoms with Crippen molar-refractivity contribution < 1.29 is 8.42 Å². The van der Waals surface area contributed by atoms with Crippen LogP contribution in [0.3, 0.4) is 0 Å². The van der Waals surface area contributed by atoms with Crippen LogP contribution in [-0.2, 0) is 16.3 Å². The molecule has 1 aliphatic rings. The number of halogens is 1.